The summed E-state index contributed by atoms with van der Waals surface area (Å²) in [5.74, 6) is 0.597. The molecule has 0 radical (unpaired) electrons. The highest BCUT2D eigenvalue weighted by Gasteiger charge is 2.17. The van der Waals surface area contributed by atoms with Crippen LogP contribution in [0.1, 0.15) is 26.3 Å². The van der Waals surface area contributed by atoms with Crippen molar-refractivity contribution in [3.8, 4) is 0 Å². The Morgan fingerprint density at radius 3 is 2.71 bits per heavy atom. The van der Waals surface area contributed by atoms with Crippen molar-refractivity contribution in [3.05, 3.63) is 46.6 Å². The van der Waals surface area contributed by atoms with Crippen LogP contribution in [0.4, 0.5) is 10.6 Å². The molecule has 1 aromatic heterocycles. The van der Waals surface area contributed by atoms with Crippen LogP contribution in [0.3, 0.4) is 0 Å². The van der Waals surface area contributed by atoms with Gasteiger partial charge >= 0.3 is 6.09 Å². The molecule has 0 atom stereocenters. The van der Waals surface area contributed by atoms with E-state index in [1.165, 1.54) is 0 Å². The van der Waals surface area contributed by atoms with Crippen molar-refractivity contribution in [2.45, 2.75) is 32.9 Å². The molecule has 6 heteroatoms. The number of aromatic nitrogens is 2. The van der Waals surface area contributed by atoms with Crippen LogP contribution >= 0.6 is 15.9 Å². The Morgan fingerprint density at radius 2 is 2.05 bits per heavy atom. The highest BCUT2D eigenvalue weighted by atomic mass is 79.9. The molecule has 0 bridgehead atoms. The third-order valence-corrected chi connectivity index (χ3v) is 3.40. The van der Waals surface area contributed by atoms with E-state index in [0.717, 1.165) is 10.0 Å². The zero-order valence-corrected chi connectivity index (χ0v) is 13.8. The molecule has 0 saturated heterocycles. The van der Waals surface area contributed by atoms with Gasteiger partial charge in [-0.2, -0.15) is 5.10 Å². The molecule has 1 aromatic carbocycles. The number of hydrogen-bond donors (Lipinski definition) is 1. The molecule has 1 amide bonds. The number of nitrogens with zero attached hydrogens (tertiary/aromatic N) is 2. The van der Waals surface area contributed by atoms with Gasteiger partial charge in [0.25, 0.3) is 0 Å². The van der Waals surface area contributed by atoms with E-state index in [-0.39, 0.29) is 0 Å². The van der Waals surface area contributed by atoms with Crippen molar-refractivity contribution in [2.75, 3.05) is 5.32 Å². The molecule has 1 N–H and O–H groups in total. The molecule has 0 unspecified atom stereocenters. The van der Waals surface area contributed by atoms with Gasteiger partial charge in [0.15, 0.2) is 0 Å². The van der Waals surface area contributed by atoms with Crippen molar-refractivity contribution in [1.29, 1.82) is 0 Å². The minimum absolute atomic E-state index is 0.489. The van der Waals surface area contributed by atoms with Crippen molar-refractivity contribution in [1.82, 2.24) is 9.78 Å². The van der Waals surface area contributed by atoms with Crippen molar-refractivity contribution < 1.29 is 9.53 Å². The Balaban J connectivity index is 2.09. The van der Waals surface area contributed by atoms with Crippen LogP contribution in [0.5, 0.6) is 0 Å². The van der Waals surface area contributed by atoms with E-state index in [9.17, 15) is 4.79 Å². The zero-order valence-electron chi connectivity index (χ0n) is 12.3. The Bertz CT molecular complexity index is 632. The Morgan fingerprint density at radius 1 is 1.33 bits per heavy atom. The first kappa shape index (κ1) is 15.6. The standard InChI is InChI=1S/C15H18BrN3O2/c1-15(2,3)21-14(20)18-13-8-9-17-19(13)10-11-6-4-5-7-12(11)16/h4-9H,10H2,1-3H3,(H,18,20). The van der Waals surface area contributed by atoms with E-state index in [1.54, 1.807) is 16.9 Å². The minimum Gasteiger partial charge on any atom is -0.444 e. The number of carbonyl (C=O) groups excluding carboxylic acids is 1. The SMILES string of the molecule is CC(C)(C)OC(=O)Nc1ccnn1Cc1ccccc1Br. The van der Waals surface area contributed by atoms with E-state index in [2.05, 4.69) is 26.3 Å². The van der Waals surface area contributed by atoms with Gasteiger partial charge in [-0.3, -0.25) is 5.32 Å². The van der Waals surface area contributed by atoms with Gasteiger partial charge in [-0.05, 0) is 32.4 Å². The van der Waals surface area contributed by atoms with Crippen LogP contribution in [0.25, 0.3) is 0 Å². The second-order valence-corrected chi connectivity index (χ2v) is 6.45. The van der Waals surface area contributed by atoms with Crippen LogP contribution in [-0.4, -0.2) is 21.5 Å². The van der Waals surface area contributed by atoms with Gasteiger partial charge in [-0.1, -0.05) is 34.1 Å². The maximum atomic E-state index is 11.8. The van der Waals surface area contributed by atoms with Gasteiger partial charge in [0.2, 0.25) is 0 Å². The largest absolute Gasteiger partial charge is 0.444 e. The minimum atomic E-state index is -0.530. The van der Waals surface area contributed by atoms with E-state index < -0.39 is 11.7 Å². The molecular formula is C15H18BrN3O2. The van der Waals surface area contributed by atoms with Gasteiger partial charge in [0, 0.05) is 10.5 Å². The maximum absolute atomic E-state index is 11.8. The lowest BCUT2D eigenvalue weighted by molar-refractivity contribution is 0.0634. The molecule has 0 saturated carbocycles. The number of halogens is 1. The number of benzene rings is 1. The molecule has 0 fully saturated rings. The summed E-state index contributed by atoms with van der Waals surface area (Å²) in [6.45, 7) is 6.03. The van der Waals surface area contributed by atoms with E-state index in [4.69, 9.17) is 4.74 Å². The summed E-state index contributed by atoms with van der Waals surface area (Å²) in [5, 5.41) is 6.94. The topological polar surface area (TPSA) is 56.1 Å². The van der Waals surface area contributed by atoms with Crippen LogP contribution in [-0.2, 0) is 11.3 Å². The van der Waals surface area contributed by atoms with Crippen LogP contribution < -0.4 is 5.32 Å². The first-order valence-electron chi connectivity index (χ1n) is 6.60. The third-order valence-electron chi connectivity index (χ3n) is 2.62. The number of nitrogens with one attached hydrogen (secondary N) is 1. The van der Waals surface area contributed by atoms with Gasteiger partial charge in [0.05, 0.1) is 12.7 Å². The summed E-state index contributed by atoms with van der Waals surface area (Å²) in [4.78, 5) is 11.8. The van der Waals surface area contributed by atoms with Crippen molar-refractivity contribution in [3.63, 3.8) is 0 Å². The van der Waals surface area contributed by atoms with E-state index in [0.29, 0.717) is 12.4 Å². The summed E-state index contributed by atoms with van der Waals surface area (Å²) < 4.78 is 7.96. The molecule has 21 heavy (non-hydrogen) atoms. The fourth-order valence-corrected chi connectivity index (χ4v) is 2.17. The van der Waals surface area contributed by atoms with Crippen LogP contribution in [0, 0.1) is 0 Å². The Kier molecular flexibility index (Phi) is 4.67. The van der Waals surface area contributed by atoms with Gasteiger partial charge in [-0.15, -0.1) is 0 Å². The number of carbonyl (C=O) groups is 1. The lowest BCUT2D eigenvalue weighted by Crippen LogP contribution is -2.28. The monoisotopic (exact) mass is 351 g/mol. The third kappa shape index (κ3) is 4.60. The zero-order chi connectivity index (χ0) is 15.5. The molecule has 1 heterocycles. The first-order chi connectivity index (χ1) is 9.85. The van der Waals surface area contributed by atoms with Gasteiger partial charge in [0.1, 0.15) is 11.4 Å². The second kappa shape index (κ2) is 6.30. The number of ether oxygens (including phenoxy) is 1. The number of rotatable bonds is 3. The van der Waals surface area contributed by atoms with Gasteiger partial charge in [-0.25, -0.2) is 9.48 Å². The summed E-state index contributed by atoms with van der Waals surface area (Å²) in [5.41, 5.74) is 0.547. The predicted molar refractivity (Wildman–Crippen MR) is 85.3 cm³/mol. The number of anilines is 1. The lowest BCUT2D eigenvalue weighted by atomic mass is 10.2. The molecule has 5 nitrogen and oxygen atoms in total. The Labute approximate surface area is 132 Å². The summed E-state index contributed by atoms with van der Waals surface area (Å²) in [6, 6.07) is 9.63. The number of hydrogen-bond acceptors (Lipinski definition) is 3. The molecule has 0 aliphatic rings. The van der Waals surface area contributed by atoms with Crippen molar-refractivity contribution >= 4 is 27.8 Å². The van der Waals surface area contributed by atoms with E-state index >= 15 is 0 Å². The summed E-state index contributed by atoms with van der Waals surface area (Å²) in [6.07, 6.45) is 1.15. The summed E-state index contributed by atoms with van der Waals surface area (Å²) >= 11 is 3.50. The quantitative estimate of drug-likeness (QED) is 0.907. The molecule has 0 spiro atoms. The Hall–Kier alpha value is -1.82. The van der Waals surface area contributed by atoms with Gasteiger partial charge < -0.3 is 4.74 Å². The highest BCUT2D eigenvalue weighted by molar-refractivity contribution is 9.10. The number of amides is 1. The molecule has 2 rings (SSSR count). The molecule has 0 aliphatic carbocycles. The first-order valence-corrected chi connectivity index (χ1v) is 7.40. The fourth-order valence-electron chi connectivity index (χ4n) is 1.76. The molecule has 2 aromatic rings. The average molecular weight is 352 g/mol. The van der Waals surface area contributed by atoms with Crippen LogP contribution in [0.15, 0.2) is 41.0 Å². The maximum Gasteiger partial charge on any atom is 0.413 e. The normalized spacial score (nSPS) is 11.2. The molecular weight excluding hydrogens is 334 g/mol. The van der Waals surface area contributed by atoms with E-state index in [1.807, 2.05) is 45.0 Å². The van der Waals surface area contributed by atoms with Crippen molar-refractivity contribution in [2.24, 2.45) is 0 Å². The average Bonchev–Trinajstić information content (AvgIpc) is 2.77. The molecule has 0 aliphatic heterocycles. The lowest BCUT2D eigenvalue weighted by Gasteiger charge is -2.20. The molecule has 112 valence electrons. The highest BCUT2D eigenvalue weighted by Crippen LogP contribution is 2.19. The second-order valence-electron chi connectivity index (χ2n) is 5.59. The predicted octanol–water partition coefficient (Wildman–Crippen LogP) is 4.04. The fraction of sp³-hybridized carbons (Fsp3) is 0.333. The summed E-state index contributed by atoms with van der Waals surface area (Å²) in [7, 11) is 0. The van der Waals surface area contributed by atoms with Crippen LogP contribution in [0.2, 0.25) is 0 Å². The smallest absolute Gasteiger partial charge is 0.413 e.